The monoisotopic (exact) mass is 439 g/mol. The largest absolute Gasteiger partial charge is 0.484 e. The van der Waals surface area contributed by atoms with Crippen molar-refractivity contribution in [1.82, 2.24) is 14.1 Å². The molecule has 2 aliphatic rings. The Hall–Kier alpha value is -1.68. The first kappa shape index (κ1) is 23.0. The molecule has 0 N–H and O–H groups in total. The van der Waals surface area contributed by atoms with Crippen LogP contribution in [0.15, 0.2) is 30.3 Å². The Kier molecular flexibility index (Phi) is 8.10. The van der Waals surface area contributed by atoms with Gasteiger partial charge in [0.2, 0.25) is 10.0 Å². The van der Waals surface area contributed by atoms with Crippen molar-refractivity contribution in [3.63, 3.8) is 0 Å². The number of sulfonamides is 1. The highest BCUT2D eigenvalue weighted by molar-refractivity contribution is 7.88. The lowest BCUT2D eigenvalue weighted by Crippen LogP contribution is -2.50. The number of carbonyl (C=O) groups excluding carboxylic acids is 1. The summed E-state index contributed by atoms with van der Waals surface area (Å²) in [4.78, 5) is 16.6. The van der Waals surface area contributed by atoms with Crippen LogP contribution in [0.3, 0.4) is 0 Å². The van der Waals surface area contributed by atoms with E-state index in [0.29, 0.717) is 38.0 Å². The number of rotatable bonds is 9. The molecule has 8 nitrogen and oxygen atoms in total. The van der Waals surface area contributed by atoms with Gasteiger partial charge in [-0.05, 0) is 31.4 Å². The van der Waals surface area contributed by atoms with Crippen molar-refractivity contribution in [3.8, 4) is 5.75 Å². The molecule has 0 aromatic heterocycles. The van der Waals surface area contributed by atoms with Crippen LogP contribution in [-0.4, -0.2) is 99.8 Å². The zero-order valence-electron chi connectivity index (χ0n) is 17.9. The molecule has 0 radical (unpaired) electrons. The Balaban J connectivity index is 1.55. The van der Waals surface area contributed by atoms with E-state index in [1.807, 2.05) is 30.3 Å². The van der Waals surface area contributed by atoms with Crippen LogP contribution >= 0.6 is 0 Å². The van der Waals surface area contributed by atoms with Crippen molar-refractivity contribution < 1.29 is 22.7 Å². The molecule has 1 amide bonds. The zero-order chi connectivity index (χ0) is 21.6. The summed E-state index contributed by atoms with van der Waals surface area (Å²) in [5, 5.41) is 0. The molecule has 0 spiro atoms. The third-order valence-electron chi connectivity index (χ3n) is 5.95. The molecular weight excluding hydrogens is 406 g/mol. The van der Waals surface area contributed by atoms with Crippen LogP contribution in [0.4, 0.5) is 0 Å². The Morgan fingerprint density at radius 1 is 1.13 bits per heavy atom. The highest BCUT2D eigenvalue weighted by Crippen LogP contribution is 2.24. The van der Waals surface area contributed by atoms with E-state index in [4.69, 9.17) is 9.47 Å². The summed E-state index contributed by atoms with van der Waals surface area (Å²) in [5.74, 6) is 0.602. The van der Waals surface area contributed by atoms with Gasteiger partial charge in [0.25, 0.3) is 5.91 Å². The van der Waals surface area contributed by atoms with Crippen LogP contribution in [0, 0.1) is 0 Å². The summed E-state index contributed by atoms with van der Waals surface area (Å²) in [6.07, 6.45) is 3.96. The van der Waals surface area contributed by atoms with E-state index in [1.165, 1.54) is 6.26 Å². The van der Waals surface area contributed by atoms with Gasteiger partial charge in [0.15, 0.2) is 6.61 Å². The number of amides is 1. The quantitative estimate of drug-likeness (QED) is 0.572. The topological polar surface area (TPSA) is 79.4 Å². The van der Waals surface area contributed by atoms with Gasteiger partial charge in [-0.25, -0.2) is 12.7 Å². The highest BCUT2D eigenvalue weighted by atomic mass is 32.2. The minimum absolute atomic E-state index is 0.00304. The number of benzene rings is 1. The first-order valence-corrected chi connectivity index (χ1v) is 12.4. The predicted octanol–water partition coefficient (Wildman–Crippen LogP) is 1.04. The minimum atomic E-state index is -3.18. The van der Waals surface area contributed by atoms with Crippen LogP contribution in [0.25, 0.3) is 0 Å². The van der Waals surface area contributed by atoms with Crippen molar-refractivity contribution in [2.75, 3.05) is 59.3 Å². The summed E-state index contributed by atoms with van der Waals surface area (Å²) in [6, 6.07) is 9.83. The average molecular weight is 440 g/mol. The van der Waals surface area contributed by atoms with E-state index in [0.717, 1.165) is 32.5 Å². The lowest BCUT2D eigenvalue weighted by molar-refractivity contribution is -0.132. The summed E-state index contributed by atoms with van der Waals surface area (Å²) in [5.41, 5.74) is 0. The smallest absolute Gasteiger partial charge is 0.260 e. The third kappa shape index (κ3) is 6.41. The fourth-order valence-electron chi connectivity index (χ4n) is 4.12. The third-order valence-corrected chi connectivity index (χ3v) is 7.22. The second-order valence-corrected chi connectivity index (χ2v) is 10.0. The molecule has 2 aliphatic heterocycles. The Morgan fingerprint density at radius 3 is 2.47 bits per heavy atom. The fraction of sp³-hybridized carbons (Fsp3) is 0.667. The van der Waals surface area contributed by atoms with Crippen molar-refractivity contribution in [2.45, 2.75) is 31.3 Å². The first-order chi connectivity index (χ1) is 14.3. The molecule has 168 valence electrons. The molecule has 0 bridgehead atoms. The Morgan fingerprint density at radius 2 is 1.83 bits per heavy atom. The molecule has 1 atom stereocenters. The number of likely N-dealkylation sites (N-methyl/N-ethyl adjacent to an activating group) is 1. The number of hydrogen-bond acceptors (Lipinski definition) is 6. The normalized spacial score (nSPS) is 21.1. The second-order valence-electron chi connectivity index (χ2n) is 8.06. The van der Waals surface area contributed by atoms with Crippen molar-refractivity contribution in [3.05, 3.63) is 30.3 Å². The van der Waals surface area contributed by atoms with E-state index in [2.05, 4.69) is 4.90 Å². The van der Waals surface area contributed by atoms with Gasteiger partial charge in [0.05, 0.1) is 6.26 Å². The van der Waals surface area contributed by atoms with E-state index < -0.39 is 10.0 Å². The number of hydrogen-bond donors (Lipinski definition) is 0. The van der Waals surface area contributed by atoms with Crippen LogP contribution < -0.4 is 4.74 Å². The SMILES string of the molecule is CN(CCN(C1CCOCC1)C1CCN(S(C)(=O)=O)C1)C(=O)COc1ccccc1. The van der Waals surface area contributed by atoms with Gasteiger partial charge in [-0.3, -0.25) is 9.69 Å². The summed E-state index contributed by atoms with van der Waals surface area (Å²) >= 11 is 0. The Bertz CT molecular complexity index is 783. The van der Waals surface area contributed by atoms with Gasteiger partial charge in [0.1, 0.15) is 5.75 Å². The molecule has 9 heteroatoms. The molecule has 1 aromatic carbocycles. The van der Waals surface area contributed by atoms with Crippen molar-refractivity contribution in [1.29, 1.82) is 0 Å². The van der Waals surface area contributed by atoms with E-state index in [9.17, 15) is 13.2 Å². The van der Waals surface area contributed by atoms with Crippen molar-refractivity contribution >= 4 is 15.9 Å². The summed E-state index contributed by atoms with van der Waals surface area (Å²) in [7, 11) is -1.39. The highest BCUT2D eigenvalue weighted by Gasteiger charge is 2.35. The van der Waals surface area contributed by atoms with Crippen molar-refractivity contribution in [2.24, 2.45) is 0 Å². The van der Waals surface area contributed by atoms with Gasteiger partial charge in [-0.1, -0.05) is 18.2 Å². The number of ether oxygens (including phenoxy) is 2. The molecule has 1 aromatic rings. The fourth-order valence-corrected chi connectivity index (χ4v) is 5.00. The standard InChI is InChI=1S/C21H33N3O5S/c1-22(21(25)17-29-20-6-4-3-5-7-20)12-13-24(18-9-14-28-15-10-18)19-8-11-23(16-19)30(2,26)27/h3-7,18-19H,8-17H2,1-2H3. The molecular formula is C21H33N3O5S. The molecule has 0 aliphatic carbocycles. The molecule has 2 fully saturated rings. The molecule has 30 heavy (non-hydrogen) atoms. The maximum atomic E-state index is 12.5. The average Bonchev–Trinajstić information content (AvgIpc) is 3.24. The maximum Gasteiger partial charge on any atom is 0.260 e. The number of nitrogens with zero attached hydrogens (tertiary/aromatic N) is 3. The maximum absolute atomic E-state index is 12.5. The predicted molar refractivity (Wildman–Crippen MR) is 115 cm³/mol. The molecule has 0 saturated carbocycles. The van der Waals surface area contributed by atoms with E-state index in [1.54, 1.807) is 16.3 Å². The van der Waals surface area contributed by atoms with Gasteiger partial charge >= 0.3 is 0 Å². The first-order valence-electron chi connectivity index (χ1n) is 10.5. The molecule has 2 heterocycles. The number of carbonyl (C=O) groups is 1. The number of para-hydroxylation sites is 1. The zero-order valence-corrected chi connectivity index (χ0v) is 18.7. The second kappa shape index (κ2) is 10.6. The van der Waals surface area contributed by atoms with Gasteiger partial charge in [-0.2, -0.15) is 0 Å². The molecule has 3 rings (SSSR count). The summed E-state index contributed by atoms with van der Waals surface area (Å²) in [6.45, 7) is 3.81. The van der Waals surface area contributed by atoms with Gasteiger partial charge in [0, 0.05) is 58.5 Å². The van der Waals surface area contributed by atoms with Gasteiger partial charge in [-0.15, -0.1) is 0 Å². The lowest BCUT2D eigenvalue weighted by Gasteiger charge is -2.39. The van der Waals surface area contributed by atoms with Crippen LogP contribution in [0.2, 0.25) is 0 Å². The van der Waals surface area contributed by atoms with E-state index in [-0.39, 0.29) is 18.6 Å². The molecule has 1 unspecified atom stereocenters. The molecule has 2 saturated heterocycles. The van der Waals surface area contributed by atoms with Crippen LogP contribution in [-0.2, 0) is 19.6 Å². The Labute approximate surface area is 179 Å². The van der Waals surface area contributed by atoms with Gasteiger partial charge < -0.3 is 14.4 Å². The minimum Gasteiger partial charge on any atom is -0.484 e. The van der Waals surface area contributed by atoms with Crippen LogP contribution in [0.5, 0.6) is 5.75 Å². The summed E-state index contributed by atoms with van der Waals surface area (Å²) < 4.78 is 36.5. The lowest BCUT2D eigenvalue weighted by atomic mass is 10.0. The van der Waals surface area contributed by atoms with E-state index >= 15 is 0 Å². The van der Waals surface area contributed by atoms with Crippen LogP contribution in [0.1, 0.15) is 19.3 Å².